The van der Waals surface area contributed by atoms with Crippen molar-refractivity contribution in [1.29, 1.82) is 0 Å². The van der Waals surface area contributed by atoms with E-state index in [9.17, 15) is 4.79 Å². The first kappa shape index (κ1) is 19.2. The molecule has 0 saturated carbocycles. The Morgan fingerprint density at radius 1 is 1.21 bits per heavy atom. The number of ether oxygens (including phenoxy) is 1. The number of carbonyl (C=O) groups is 1. The Hall–Kier alpha value is -2.12. The van der Waals surface area contributed by atoms with Crippen LogP contribution in [0.3, 0.4) is 0 Å². The van der Waals surface area contributed by atoms with Crippen molar-refractivity contribution < 1.29 is 9.53 Å². The van der Waals surface area contributed by atoms with Gasteiger partial charge in [0.2, 0.25) is 0 Å². The van der Waals surface area contributed by atoms with E-state index in [-0.39, 0.29) is 12.1 Å². The molecule has 2 saturated heterocycles. The number of carbonyl (C=O) groups excluding carboxylic acids is 1. The first-order chi connectivity index (χ1) is 13.7. The monoisotopic (exact) mass is 444 g/mol. The lowest BCUT2D eigenvalue weighted by Crippen LogP contribution is -2.46. The number of nitrogens with zero attached hydrogens (tertiary/aromatic N) is 3. The van der Waals surface area contributed by atoms with E-state index in [0.717, 1.165) is 34.5 Å². The standard InChI is InChI=1S/C21H25BrN4O2/c22-18-5-3-4-17(13-18)19-15-26(10-11-28-19)21(27)24-14-16-6-7-23-20(12-16)25-8-1-2-9-25/h3-7,12-13,19H,1-2,8-11,14-15H2,(H,24,27). The highest BCUT2D eigenvalue weighted by molar-refractivity contribution is 9.10. The molecule has 1 aromatic carbocycles. The molecule has 7 heteroatoms. The minimum Gasteiger partial charge on any atom is -0.370 e. The van der Waals surface area contributed by atoms with Crippen molar-refractivity contribution in [3.63, 3.8) is 0 Å². The number of rotatable bonds is 4. The molecule has 4 rings (SSSR count). The second-order valence-corrected chi connectivity index (χ2v) is 8.15. The molecular formula is C21H25BrN4O2. The number of benzene rings is 1. The summed E-state index contributed by atoms with van der Waals surface area (Å²) in [5, 5.41) is 3.05. The topological polar surface area (TPSA) is 57.7 Å². The smallest absolute Gasteiger partial charge is 0.317 e. The molecule has 3 heterocycles. The van der Waals surface area contributed by atoms with Crippen LogP contribution in [0.4, 0.5) is 10.6 Å². The average molecular weight is 445 g/mol. The highest BCUT2D eigenvalue weighted by Crippen LogP contribution is 2.25. The van der Waals surface area contributed by atoms with E-state index >= 15 is 0 Å². The maximum atomic E-state index is 12.7. The third-order valence-corrected chi connectivity index (χ3v) is 5.75. The lowest BCUT2D eigenvalue weighted by atomic mass is 10.1. The molecule has 2 aliphatic rings. The van der Waals surface area contributed by atoms with E-state index < -0.39 is 0 Å². The summed E-state index contributed by atoms with van der Waals surface area (Å²) in [4.78, 5) is 21.3. The number of amides is 2. The molecular weight excluding hydrogens is 420 g/mol. The molecule has 2 amide bonds. The van der Waals surface area contributed by atoms with Gasteiger partial charge >= 0.3 is 6.03 Å². The van der Waals surface area contributed by atoms with Crippen LogP contribution in [0.1, 0.15) is 30.1 Å². The van der Waals surface area contributed by atoms with E-state index in [1.807, 2.05) is 41.4 Å². The molecule has 1 aromatic heterocycles. The minimum atomic E-state index is -0.0975. The van der Waals surface area contributed by atoms with Crippen molar-refractivity contribution in [1.82, 2.24) is 15.2 Å². The highest BCUT2D eigenvalue weighted by atomic mass is 79.9. The molecule has 0 bridgehead atoms. The zero-order valence-electron chi connectivity index (χ0n) is 15.8. The zero-order chi connectivity index (χ0) is 19.3. The number of hydrogen-bond donors (Lipinski definition) is 1. The van der Waals surface area contributed by atoms with Crippen LogP contribution in [0.5, 0.6) is 0 Å². The summed E-state index contributed by atoms with van der Waals surface area (Å²) in [7, 11) is 0. The minimum absolute atomic E-state index is 0.0529. The van der Waals surface area contributed by atoms with Crippen LogP contribution < -0.4 is 10.2 Å². The maximum Gasteiger partial charge on any atom is 0.317 e. The predicted octanol–water partition coefficient (Wildman–Crippen LogP) is 3.73. The number of halogens is 1. The Morgan fingerprint density at radius 2 is 2.07 bits per heavy atom. The average Bonchev–Trinajstić information content (AvgIpc) is 3.27. The van der Waals surface area contributed by atoms with Gasteiger partial charge in [-0.1, -0.05) is 28.1 Å². The van der Waals surface area contributed by atoms with Crippen LogP contribution in [0.25, 0.3) is 0 Å². The van der Waals surface area contributed by atoms with Crippen LogP contribution >= 0.6 is 15.9 Å². The lowest BCUT2D eigenvalue weighted by molar-refractivity contribution is -0.0155. The van der Waals surface area contributed by atoms with Gasteiger partial charge in [-0.3, -0.25) is 0 Å². The van der Waals surface area contributed by atoms with E-state index in [4.69, 9.17) is 4.74 Å². The molecule has 2 aliphatic heterocycles. The zero-order valence-corrected chi connectivity index (χ0v) is 17.4. The van der Waals surface area contributed by atoms with Crippen molar-refractivity contribution in [3.8, 4) is 0 Å². The van der Waals surface area contributed by atoms with E-state index in [2.05, 4.69) is 37.2 Å². The van der Waals surface area contributed by atoms with Gasteiger partial charge in [0.25, 0.3) is 0 Å². The van der Waals surface area contributed by atoms with Gasteiger partial charge in [0.15, 0.2) is 0 Å². The summed E-state index contributed by atoms with van der Waals surface area (Å²) in [6.45, 7) is 4.32. The van der Waals surface area contributed by atoms with Gasteiger partial charge in [-0.25, -0.2) is 9.78 Å². The molecule has 1 unspecified atom stereocenters. The maximum absolute atomic E-state index is 12.7. The van der Waals surface area contributed by atoms with Crippen molar-refractivity contribution in [2.75, 3.05) is 37.7 Å². The van der Waals surface area contributed by atoms with Crippen LogP contribution in [0.2, 0.25) is 0 Å². The number of urea groups is 1. The molecule has 148 valence electrons. The number of anilines is 1. The van der Waals surface area contributed by atoms with Crippen molar-refractivity contribution in [2.45, 2.75) is 25.5 Å². The summed E-state index contributed by atoms with van der Waals surface area (Å²) in [6.07, 6.45) is 4.17. The van der Waals surface area contributed by atoms with Gasteiger partial charge in [0.05, 0.1) is 13.2 Å². The summed E-state index contributed by atoms with van der Waals surface area (Å²) in [6, 6.07) is 12.0. The Kier molecular flexibility index (Phi) is 6.12. The first-order valence-electron chi connectivity index (χ1n) is 9.79. The Balaban J connectivity index is 1.34. The summed E-state index contributed by atoms with van der Waals surface area (Å²) in [5.41, 5.74) is 2.15. The van der Waals surface area contributed by atoms with Crippen LogP contribution in [-0.4, -0.2) is 48.7 Å². The van der Waals surface area contributed by atoms with Crippen molar-refractivity contribution in [3.05, 3.63) is 58.2 Å². The van der Waals surface area contributed by atoms with Gasteiger partial charge < -0.3 is 19.9 Å². The number of aromatic nitrogens is 1. The van der Waals surface area contributed by atoms with Crippen LogP contribution in [0, 0.1) is 0 Å². The third-order valence-electron chi connectivity index (χ3n) is 5.26. The molecule has 0 radical (unpaired) electrons. The highest BCUT2D eigenvalue weighted by Gasteiger charge is 2.25. The second kappa shape index (κ2) is 8.92. The Bertz CT molecular complexity index is 826. The van der Waals surface area contributed by atoms with Crippen molar-refractivity contribution >= 4 is 27.8 Å². The van der Waals surface area contributed by atoms with E-state index in [0.29, 0.717) is 26.2 Å². The van der Waals surface area contributed by atoms with Crippen LogP contribution in [0.15, 0.2) is 47.1 Å². The van der Waals surface area contributed by atoms with Gasteiger partial charge in [-0.2, -0.15) is 0 Å². The summed E-state index contributed by atoms with van der Waals surface area (Å²) >= 11 is 3.50. The number of morpholine rings is 1. The Labute approximate surface area is 174 Å². The fraction of sp³-hybridized carbons (Fsp3) is 0.429. The number of pyridine rings is 1. The van der Waals surface area contributed by atoms with Gasteiger partial charge in [0, 0.05) is 36.8 Å². The molecule has 2 aromatic rings. The predicted molar refractivity (Wildman–Crippen MR) is 112 cm³/mol. The first-order valence-corrected chi connectivity index (χ1v) is 10.6. The normalized spacial score (nSPS) is 19.7. The van der Waals surface area contributed by atoms with Gasteiger partial charge in [-0.15, -0.1) is 0 Å². The molecule has 2 fully saturated rings. The van der Waals surface area contributed by atoms with Gasteiger partial charge in [0.1, 0.15) is 11.9 Å². The molecule has 6 nitrogen and oxygen atoms in total. The molecule has 1 N–H and O–H groups in total. The fourth-order valence-corrected chi connectivity index (χ4v) is 4.14. The molecule has 1 atom stereocenters. The van der Waals surface area contributed by atoms with E-state index in [1.54, 1.807) is 0 Å². The Morgan fingerprint density at radius 3 is 2.89 bits per heavy atom. The number of hydrogen-bond acceptors (Lipinski definition) is 4. The largest absolute Gasteiger partial charge is 0.370 e. The molecule has 0 aliphatic carbocycles. The quantitative estimate of drug-likeness (QED) is 0.780. The molecule has 0 spiro atoms. The molecule has 28 heavy (non-hydrogen) atoms. The SMILES string of the molecule is O=C(NCc1ccnc(N2CCCC2)c1)N1CCOC(c2cccc(Br)c2)C1. The second-order valence-electron chi connectivity index (χ2n) is 7.24. The van der Waals surface area contributed by atoms with Crippen molar-refractivity contribution in [2.24, 2.45) is 0 Å². The van der Waals surface area contributed by atoms with E-state index in [1.165, 1.54) is 12.8 Å². The fourth-order valence-electron chi connectivity index (χ4n) is 3.72. The van der Waals surface area contributed by atoms with Crippen LogP contribution in [-0.2, 0) is 11.3 Å². The third kappa shape index (κ3) is 4.64. The lowest BCUT2D eigenvalue weighted by Gasteiger charge is -2.33. The summed E-state index contributed by atoms with van der Waals surface area (Å²) < 4.78 is 6.89. The number of nitrogens with one attached hydrogen (secondary N) is 1. The summed E-state index contributed by atoms with van der Waals surface area (Å²) in [5.74, 6) is 1.00. The van der Waals surface area contributed by atoms with Gasteiger partial charge in [-0.05, 0) is 48.2 Å².